The molecule has 1 fully saturated rings. The molecule has 2 aromatic rings. The van der Waals surface area contributed by atoms with Crippen molar-refractivity contribution in [3.05, 3.63) is 59.7 Å². The van der Waals surface area contributed by atoms with Crippen molar-refractivity contribution >= 4 is 18.0 Å². The number of carboxylic acid groups (broad SMARTS) is 1. The standard InChI is InChI=1S/C28H34N2O5/c1-27(2,3)22(24(31)30-15-14-28(4,5)23(30)25(32)33)29-26(34)35-16-21-19-12-8-6-10-17(19)18-11-7-9-13-20(18)21/h6-13,21-23H,14-16H2,1-5H3,(H,29,34)(H,32,33)/t22-,23?/m1/s1. The summed E-state index contributed by atoms with van der Waals surface area (Å²) in [4.78, 5) is 39.8. The van der Waals surface area contributed by atoms with Crippen LogP contribution in [0.1, 0.15) is 58.1 Å². The quantitative estimate of drug-likeness (QED) is 0.652. The smallest absolute Gasteiger partial charge is 0.407 e. The number of carbonyl (C=O) groups excluding carboxylic acids is 2. The maximum Gasteiger partial charge on any atom is 0.407 e. The highest BCUT2D eigenvalue weighted by Gasteiger charge is 2.50. The van der Waals surface area contributed by atoms with Crippen LogP contribution < -0.4 is 5.32 Å². The number of alkyl carbamates (subject to hydrolysis) is 1. The van der Waals surface area contributed by atoms with Crippen LogP contribution in [0.3, 0.4) is 0 Å². The Hall–Kier alpha value is -3.35. The number of nitrogens with one attached hydrogen (secondary N) is 1. The summed E-state index contributed by atoms with van der Waals surface area (Å²) in [6.07, 6.45) is -0.109. The molecule has 186 valence electrons. The van der Waals surface area contributed by atoms with Crippen LogP contribution in [-0.2, 0) is 14.3 Å². The van der Waals surface area contributed by atoms with Gasteiger partial charge < -0.3 is 20.1 Å². The summed E-state index contributed by atoms with van der Waals surface area (Å²) in [6, 6.07) is 14.3. The molecule has 0 aromatic heterocycles. The number of ether oxygens (including phenoxy) is 1. The Bertz CT molecular complexity index is 1100. The molecular formula is C28H34N2O5. The van der Waals surface area contributed by atoms with E-state index in [1.165, 1.54) is 4.90 Å². The molecule has 1 saturated heterocycles. The van der Waals surface area contributed by atoms with Gasteiger partial charge in [-0.25, -0.2) is 9.59 Å². The molecule has 2 N–H and O–H groups in total. The normalized spacial score (nSPS) is 19.6. The average Bonchev–Trinajstić information content (AvgIpc) is 3.29. The minimum Gasteiger partial charge on any atom is -0.480 e. The fourth-order valence-corrected chi connectivity index (χ4v) is 5.37. The number of carboxylic acids is 1. The topological polar surface area (TPSA) is 95.9 Å². The first-order chi connectivity index (χ1) is 16.4. The summed E-state index contributed by atoms with van der Waals surface area (Å²) in [7, 11) is 0. The third-order valence-electron chi connectivity index (χ3n) is 7.28. The minimum absolute atomic E-state index is 0.0901. The van der Waals surface area contributed by atoms with E-state index < -0.39 is 40.9 Å². The number of benzene rings is 2. The molecule has 35 heavy (non-hydrogen) atoms. The molecule has 1 unspecified atom stereocenters. The van der Waals surface area contributed by atoms with Gasteiger partial charge in [0, 0.05) is 12.5 Å². The number of likely N-dealkylation sites (tertiary alicyclic amines) is 1. The molecule has 1 aliphatic carbocycles. The van der Waals surface area contributed by atoms with Gasteiger partial charge >= 0.3 is 12.1 Å². The summed E-state index contributed by atoms with van der Waals surface area (Å²) >= 11 is 0. The van der Waals surface area contributed by atoms with Gasteiger partial charge in [0.1, 0.15) is 18.7 Å². The van der Waals surface area contributed by atoms with Crippen LogP contribution in [0.15, 0.2) is 48.5 Å². The zero-order valence-corrected chi connectivity index (χ0v) is 21.0. The van der Waals surface area contributed by atoms with E-state index in [-0.39, 0.29) is 12.5 Å². The molecule has 1 aliphatic heterocycles. The Morgan fingerprint density at radius 2 is 1.60 bits per heavy atom. The van der Waals surface area contributed by atoms with Crippen LogP contribution in [0.25, 0.3) is 11.1 Å². The number of carbonyl (C=O) groups is 3. The second-order valence-corrected chi connectivity index (χ2v) is 11.3. The third-order valence-corrected chi connectivity index (χ3v) is 7.28. The van der Waals surface area contributed by atoms with E-state index >= 15 is 0 Å². The lowest BCUT2D eigenvalue weighted by atomic mass is 9.83. The first-order valence-electron chi connectivity index (χ1n) is 12.1. The number of fused-ring (bicyclic) bond motifs is 3. The van der Waals surface area contributed by atoms with E-state index in [1.54, 1.807) is 0 Å². The lowest BCUT2D eigenvalue weighted by Gasteiger charge is -2.36. The van der Waals surface area contributed by atoms with Crippen LogP contribution >= 0.6 is 0 Å². The summed E-state index contributed by atoms with van der Waals surface area (Å²) in [5, 5.41) is 12.5. The highest BCUT2D eigenvalue weighted by molar-refractivity contribution is 5.91. The SMILES string of the molecule is CC1(C)CCN(C(=O)[C@@H](NC(=O)OCC2c3ccccc3-c3ccccc32)C(C)(C)C)C1C(=O)O. The van der Waals surface area contributed by atoms with Gasteiger partial charge in [-0.2, -0.15) is 0 Å². The van der Waals surface area contributed by atoms with Crippen LogP contribution in [0, 0.1) is 10.8 Å². The number of nitrogens with zero attached hydrogens (tertiary/aromatic N) is 1. The fraction of sp³-hybridized carbons (Fsp3) is 0.464. The number of aliphatic carboxylic acids is 1. The summed E-state index contributed by atoms with van der Waals surface area (Å²) < 4.78 is 5.66. The van der Waals surface area contributed by atoms with Gasteiger partial charge in [0.05, 0.1) is 0 Å². The molecule has 0 radical (unpaired) electrons. The van der Waals surface area contributed by atoms with E-state index in [2.05, 4.69) is 17.4 Å². The van der Waals surface area contributed by atoms with E-state index in [0.29, 0.717) is 13.0 Å². The summed E-state index contributed by atoms with van der Waals surface area (Å²) in [5.74, 6) is -1.52. The van der Waals surface area contributed by atoms with Gasteiger partial charge in [0.2, 0.25) is 5.91 Å². The lowest BCUT2D eigenvalue weighted by molar-refractivity contribution is -0.153. The Labute approximate surface area is 206 Å². The lowest BCUT2D eigenvalue weighted by Crippen LogP contribution is -2.58. The van der Waals surface area contributed by atoms with Gasteiger partial charge in [-0.3, -0.25) is 4.79 Å². The summed E-state index contributed by atoms with van der Waals surface area (Å²) in [6.45, 7) is 9.71. The Kier molecular flexibility index (Phi) is 6.38. The average molecular weight is 479 g/mol. The second kappa shape index (κ2) is 9.02. The number of rotatable bonds is 5. The molecule has 2 amide bonds. The first kappa shape index (κ1) is 24.8. The minimum atomic E-state index is -1.03. The van der Waals surface area contributed by atoms with Crippen molar-refractivity contribution in [2.45, 2.75) is 59.0 Å². The van der Waals surface area contributed by atoms with Gasteiger partial charge in [-0.15, -0.1) is 0 Å². The molecule has 2 aliphatic rings. The molecule has 2 aromatic carbocycles. The zero-order chi connectivity index (χ0) is 25.5. The van der Waals surface area contributed by atoms with E-state index in [1.807, 2.05) is 71.0 Å². The monoisotopic (exact) mass is 478 g/mol. The highest BCUT2D eigenvalue weighted by atomic mass is 16.5. The second-order valence-electron chi connectivity index (χ2n) is 11.3. The molecular weight excluding hydrogens is 444 g/mol. The van der Waals surface area contributed by atoms with Crippen LogP contribution in [0.4, 0.5) is 4.79 Å². The van der Waals surface area contributed by atoms with Crippen molar-refractivity contribution in [3.8, 4) is 11.1 Å². The van der Waals surface area contributed by atoms with Crippen LogP contribution in [0.5, 0.6) is 0 Å². The van der Waals surface area contributed by atoms with Crippen molar-refractivity contribution in [2.24, 2.45) is 10.8 Å². The number of hydrogen-bond donors (Lipinski definition) is 2. The van der Waals surface area contributed by atoms with Crippen LogP contribution in [-0.4, -0.2) is 53.2 Å². The van der Waals surface area contributed by atoms with Gasteiger partial charge in [0.25, 0.3) is 0 Å². The molecule has 0 bridgehead atoms. The molecule has 1 heterocycles. The zero-order valence-electron chi connectivity index (χ0n) is 21.0. The van der Waals surface area contributed by atoms with E-state index in [4.69, 9.17) is 4.74 Å². The molecule has 7 nitrogen and oxygen atoms in total. The van der Waals surface area contributed by atoms with Crippen molar-refractivity contribution in [3.63, 3.8) is 0 Å². The van der Waals surface area contributed by atoms with Gasteiger partial charge in [-0.05, 0) is 39.5 Å². The van der Waals surface area contributed by atoms with Gasteiger partial charge in [-0.1, -0.05) is 83.1 Å². The third kappa shape index (κ3) is 4.64. The maximum atomic E-state index is 13.5. The van der Waals surface area contributed by atoms with Gasteiger partial charge in [0.15, 0.2) is 0 Å². The summed E-state index contributed by atoms with van der Waals surface area (Å²) in [5.41, 5.74) is 3.29. The molecule has 4 rings (SSSR count). The largest absolute Gasteiger partial charge is 0.480 e. The maximum absolute atomic E-state index is 13.5. The molecule has 2 atom stereocenters. The Morgan fingerprint density at radius 1 is 1.06 bits per heavy atom. The van der Waals surface area contributed by atoms with Crippen LogP contribution in [0.2, 0.25) is 0 Å². The van der Waals surface area contributed by atoms with E-state index in [9.17, 15) is 19.5 Å². The Balaban J connectivity index is 1.49. The van der Waals surface area contributed by atoms with E-state index in [0.717, 1.165) is 22.3 Å². The fourth-order valence-electron chi connectivity index (χ4n) is 5.37. The van der Waals surface area contributed by atoms with Crippen molar-refractivity contribution in [1.29, 1.82) is 0 Å². The molecule has 7 heteroatoms. The van der Waals surface area contributed by atoms with Crippen molar-refractivity contribution in [1.82, 2.24) is 10.2 Å². The molecule has 0 saturated carbocycles. The predicted octanol–water partition coefficient (Wildman–Crippen LogP) is 4.65. The highest BCUT2D eigenvalue weighted by Crippen LogP contribution is 2.44. The number of amides is 2. The predicted molar refractivity (Wildman–Crippen MR) is 133 cm³/mol. The van der Waals surface area contributed by atoms with Crippen molar-refractivity contribution < 1.29 is 24.2 Å². The van der Waals surface area contributed by atoms with Crippen molar-refractivity contribution in [2.75, 3.05) is 13.2 Å². The Morgan fingerprint density at radius 3 is 2.11 bits per heavy atom. The first-order valence-corrected chi connectivity index (χ1v) is 12.1. The molecule has 0 spiro atoms. The number of hydrogen-bond acceptors (Lipinski definition) is 4.